The number of rotatable bonds is 4. The van der Waals surface area contributed by atoms with Crippen molar-refractivity contribution in [2.45, 2.75) is 4.90 Å². The summed E-state index contributed by atoms with van der Waals surface area (Å²) in [6.45, 7) is 0.939. The second kappa shape index (κ2) is 5.72. The van der Waals surface area contributed by atoms with E-state index < -0.39 is 0 Å². The van der Waals surface area contributed by atoms with Gasteiger partial charge in [0.25, 0.3) is 0 Å². The Kier molecular flexibility index (Phi) is 4.03. The summed E-state index contributed by atoms with van der Waals surface area (Å²) in [6.07, 6.45) is 0. The van der Waals surface area contributed by atoms with Crippen molar-refractivity contribution in [2.24, 2.45) is 0 Å². The van der Waals surface area contributed by atoms with Crippen LogP contribution in [0.15, 0.2) is 35.2 Å². The van der Waals surface area contributed by atoms with Gasteiger partial charge < -0.3 is 10.2 Å². The molecule has 1 saturated heterocycles. The summed E-state index contributed by atoms with van der Waals surface area (Å²) in [5.74, 6) is 0.732. The Labute approximate surface area is 104 Å². The summed E-state index contributed by atoms with van der Waals surface area (Å²) in [5.41, 5.74) is 0. The number of carbonyl (C=O) groups is 2. The Bertz CT molecular complexity index is 408. The Balaban J connectivity index is 1.78. The molecule has 90 valence electrons. The standard InChI is InChI=1S/C12H14N2O2S/c15-11-9-14(12(16)8-13-11)6-7-17-10-4-2-1-3-5-10/h1-5H,6-9H2,(H,13,15). The first-order chi connectivity index (χ1) is 8.25. The first-order valence-corrected chi connectivity index (χ1v) is 6.46. The second-order valence-corrected chi connectivity index (χ2v) is 4.92. The minimum absolute atomic E-state index is 0.00161. The summed E-state index contributed by atoms with van der Waals surface area (Å²) in [7, 11) is 0. The summed E-state index contributed by atoms with van der Waals surface area (Å²) >= 11 is 1.69. The smallest absolute Gasteiger partial charge is 0.242 e. The van der Waals surface area contributed by atoms with Crippen LogP contribution in [0.4, 0.5) is 0 Å². The summed E-state index contributed by atoms with van der Waals surface area (Å²) in [5, 5.41) is 2.53. The number of carbonyl (C=O) groups excluding carboxylic acids is 2. The quantitative estimate of drug-likeness (QED) is 0.802. The number of piperazine rings is 1. The van der Waals surface area contributed by atoms with Crippen LogP contribution in [0, 0.1) is 0 Å². The molecule has 1 heterocycles. The fraction of sp³-hybridized carbons (Fsp3) is 0.333. The third-order valence-electron chi connectivity index (χ3n) is 2.50. The molecule has 0 saturated carbocycles. The number of nitrogens with zero attached hydrogens (tertiary/aromatic N) is 1. The van der Waals surface area contributed by atoms with Gasteiger partial charge in [0.2, 0.25) is 11.8 Å². The topological polar surface area (TPSA) is 49.4 Å². The lowest BCUT2D eigenvalue weighted by Gasteiger charge is -2.26. The molecule has 0 aromatic heterocycles. The van der Waals surface area contributed by atoms with Gasteiger partial charge in [0.15, 0.2) is 0 Å². The van der Waals surface area contributed by atoms with Gasteiger partial charge in [0, 0.05) is 17.2 Å². The molecule has 1 N–H and O–H groups in total. The molecule has 5 heteroatoms. The Morgan fingerprint density at radius 2 is 2.00 bits per heavy atom. The molecule has 2 amide bonds. The Hall–Kier alpha value is -1.49. The molecule has 17 heavy (non-hydrogen) atoms. The van der Waals surface area contributed by atoms with Crippen LogP contribution >= 0.6 is 11.8 Å². The van der Waals surface area contributed by atoms with E-state index >= 15 is 0 Å². The predicted octanol–water partition coefficient (Wildman–Crippen LogP) is 0.737. The highest BCUT2D eigenvalue weighted by molar-refractivity contribution is 7.99. The lowest BCUT2D eigenvalue weighted by Crippen LogP contribution is -2.52. The van der Waals surface area contributed by atoms with Crippen molar-refractivity contribution in [3.63, 3.8) is 0 Å². The first-order valence-electron chi connectivity index (χ1n) is 5.48. The highest BCUT2D eigenvalue weighted by Crippen LogP contribution is 2.16. The van der Waals surface area contributed by atoms with Crippen molar-refractivity contribution >= 4 is 23.6 Å². The van der Waals surface area contributed by atoms with Gasteiger partial charge in [-0.2, -0.15) is 0 Å². The van der Waals surface area contributed by atoms with Gasteiger partial charge in [-0.05, 0) is 12.1 Å². The van der Waals surface area contributed by atoms with Crippen LogP contribution in [0.5, 0.6) is 0 Å². The number of amides is 2. The van der Waals surface area contributed by atoms with E-state index in [1.807, 2.05) is 30.3 Å². The van der Waals surface area contributed by atoms with Crippen molar-refractivity contribution in [2.75, 3.05) is 25.4 Å². The van der Waals surface area contributed by atoms with Crippen LogP contribution in [0.1, 0.15) is 0 Å². The maximum absolute atomic E-state index is 11.5. The van der Waals surface area contributed by atoms with E-state index in [-0.39, 0.29) is 24.9 Å². The Morgan fingerprint density at radius 1 is 1.24 bits per heavy atom. The largest absolute Gasteiger partial charge is 0.345 e. The van der Waals surface area contributed by atoms with Crippen molar-refractivity contribution in [1.82, 2.24) is 10.2 Å². The zero-order valence-electron chi connectivity index (χ0n) is 9.39. The third-order valence-corrected chi connectivity index (χ3v) is 3.49. The molecule has 1 aromatic rings. The molecule has 1 aliphatic rings. The van der Waals surface area contributed by atoms with E-state index in [4.69, 9.17) is 0 Å². The maximum Gasteiger partial charge on any atom is 0.242 e. The van der Waals surface area contributed by atoms with Crippen LogP contribution in [0.3, 0.4) is 0 Å². The molecule has 0 spiro atoms. The van der Waals surface area contributed by atoms with Crippen molar-refractivity contribution in [3.05, 3.63) is 30.3 Å². The lowest BCUT2D eigenvalue weighted by atomic mass is 10.3. The van der Waals surface area contributed by atoms with E-state index in [9.17, 15) is 9.59 Å². The minimum Gasteiger partial charge on any atom is -0.345 e. The SMILES string of the molecule is O=C1CN(CCSc2ccccc2)C(=O)CN1. The maximum atomic E-state index is 11.5. The fourth-order valence-electron chi connectivity index (χ4n) is 1.60. The van der Waals surface area contributed by atoms with Crippen LogP contribution in [0.2, 0.25) is 0 Å². The van der Waals surface area contributed by atoms with Gasteiger partial charge in [0.1, 0.15) is 0 Å². The molecule has 0 unspecified atom stereocenters. The van der Waals surface area contributed by atoms with Gasteiger partial charge in [-0.15, -0.1) is 11.8 Å². The van der Waals surface area contributed by atoms with Gasteiger partial charge in [-0.1, -0.05) is 18.2 Å². The highest BCUT2D eigenvalue weighted by atomic mass is 32.2. The molecule has 0 radical (unpaired) electrons. The fourth-order valence-corrected chi connectivity index (χ4v) is 2.49. The molecule has 1 aromatic carbocycles. The molecular weight excluding hydrogens is 236 g/mol. The number of thioether (sulfide) groups is 1. The minimum atomic E-state index is -0.0747. The van der Waals surface area contributed by atoms with E-state index in [0.29, 0.717) is 6.54 Å². The van der Waals surface area contributed by atoms with Crippen LogP contribution < -0.4 is 5.32 Å². The highest BCUT2D eigenvalue weighted by Gasteiger charge is 2.22. The van der Waals surface area contributed by atoms with Crippen LogP contribution in [-0.4, -0.2) is 42.1 Å². The van der Waals surface area contributed by atoms with Crippen LogP contribution in [-0.2, 0) is 9.59 Å². The van der Waals surface area contributed by atoms with Crippen molar-refractivity contribution in [3.8, 4) is 0 Å². The molecule has 1 aliphatic heterocycles. The molecule has 1 fully saturated rings. The zero-order chi connectivity index (χ0) is 12.1. The van der Waals surface area contributed by atoms with E-state index in [1.165, 1.54) is 4.90 Å². The normalized spacial score (nSPS) is 15.9. The number of benzene rings is 1. The van der Waals surface area contributed by atoms with Crippen molar-refractivity contribution < 1.29 is 9.59 Å². The Morgan fingerprint density at radius 3 is 2.76 bits per heavy atom. The van der Waals surface area contributed by atoms with Crippen LogP contribution in [0.25, 0.3) is 0 Å². The van der Waals surface area contributed by atoms with E-state index in [2.05, 4.69) is 5.32 Å². The number of nitrogens with one attached hydrogen (secondary N) is 1. The van der Waals surface area contributed by atoms with Gasteiger partial charge in [-0.3, -0.25) is 9.59 Å². The predicted molar refractivity (Wildman–Crippen MR) is 66.8 cm³/mol. The van der Waals surface area contributed by atoms with E-state index in [0.717, 1.165) is 5.75 Å². The molecule has 2 rings (SSSR count). The summed E-state index contributed by atoms with van der Waals surface area (Å²) in [6, 6.07) is 10.0. The average Bonchev–Trinajstić information content (AvgIpc) is 2.35. The van der Waals surface area contributed by atoms with Gasteiger partial charge in [-0.25, -0.2) is 0 Å². The lowest BCUT2D eigenvalue weighted by molar-refractivity contribution is -0.140. The molecule has 0 atom stereocenters. The molecule has 4 nitrogen and oxygen atoms in total. The second-order valence-electron chi connectivity index (χ2n) is 3.75. The molecular formula is C12H14N2O2S. The number of hydrogen-bond acceptors (Lipinski definition) is 3. The van der Waals surface area contributed by atoms with Gasteiger partial charge >= 0.3 is 0 Å². The summed E-state index contributed by atoms with van der Waals surface area (Å²) < 4.78 is 0. The first kappa shape index (κ1) is 12.0. The third kappa shape index (κ3) is 3.49. The summed E-state index contributed by atoms with van der Waals surface area (Å²) in [4.78, 5) is 25.4. The monoisotopic (exact) mass is 250 g/mol. The van der Waals surface area contributed by atoms with E-state index in [1.54, 1.807) is 16.7 Å². The van der Waals surface area contributed by atoms with Crippen molar-refractivity contribution in [1.29, 1.82) is 0 Å². The number of hydrogen-bond donors (Lipinski definition) is 1. The average molecular weight is 250 g/mol. The van der Waals surface area contributed by atoms with Gasteiger partial charge in [0.05, 0.1) is 13.1 Å². The molecule has 0 aliphatic carbocycles. The zero-order valence-corrected chi connectivity index (χ0v) is 10.2. The molecule has 0 bridgehead atoms.